The monoisotopic (exact) mass is 334 g/mol. The minimum atomic E-state index is -0.0180. The van der Waals surface area contributed by atoms with Gasteiger partial charge in [0.05, 0.1) is 18.5 Å². The minimum Gasteiger partial charge on any atom is -0.495 e. The van der Waals surface area contributed by atoms with Crippen LogP contribution in [0, 0.1) is 0 Å². The van der Waals surface area contributed by atoms with Crippen LogP contribution in [0.15, 0.2) is 55.1 Å². The van der Waals surface area contributed by atoms with Crippen LogP contribution in [-0.4, -0.2) is 34.3 Å². The summed E-state index contributed by atoms with van der Waals surface area (Å²) in [5.74, 6) is 0.723. The third-order valence-electron chi connectivity index (χ3n) is 4.44. The summed E-state index contributed by atoms with van der Waals surface area (Å²) in [6.45, 7) is 0.692. The van der Waals surface area contributed by atoms with E-state index in [-0.39, 0.29) is 5.91 Å². The molecule has 0 fully saturated rings. The number of aryl methyl sites for hydroxylation is 1. The van der Waals surface area contributed by atoms with Crippen LogP contribution in [0.2, 0.25) is 0 Å². The number of methoxy groups -OCH3 is 1. The van der Waals surface area contributed by atoms with Gasteiger partial charge >= 0.3 is 0 Å². The van der Waals surface area contributed by atoms with Crippen molar-refractivity contribution >= 4 is 11.6 Å². The van der Waals surface area contributed by atoms with Crippen molar-refractivity contribution in [3.05, 3.63) is 66.2 Å². The molecule has 0 N–H and O–H groups in total. The highest BCUT2D eigenvalue weighted by molar-refractivity contribution is 6.07. The molecule has 0 saturated carbocycles. The minimum absolute atomic E-state index is 0.0180. The summed E-state index contributed by atoms with van der Waals surface area (Å²) >= 11 is 0. The molecular weight excluding hydrogens is 316 g/mol. The smallest absolute Gasteiger partial charge is 0.258 e. The largest absolute Gasteiger partial charge is 0.495 e. The Bertz CT molecular complexity index is 874. The summed E-state index contributed by atoms with van der Waals surface area (Å²) < 4.78 is 7.14. The Balaban J connectivity index is 1.66. The van der Waals surface area contributed by atoms with Gasteiger partial charge in [0.25, 0.3) is 5.91 Å². The van der Waals surface area contributed by atoms with Crippen LogP contribution in [0.5, 0.6) is 5.75 Å². The zero-order valence-electron chi connectivity index (χ0n) is 13.9. The molecule has 0 radical (unpaired) electrons. The number of nitrogens with zero attached hydrogens (tertiary/aromatic N) is 4. The number of ether oxygens (including phenoxy) is 1. The van der Waals surface area contributed by atoms with Crippen molar-refractivity contribution in [3.63, 3.8) is 0 Å². The van der Waals surface area contributed by atoms with Crippen LogP contribution >= 0.6 is 0 Å². The first kappa shape index (κ1) is 15.4. The second kappa shape index (κ2) is 6.39. The highest BCUT2D eigenvalue weighted by Gasteiger charge is 2.26. The Kier molecular flexibility index (Phi) is 3.93. The number of fused-ring (bicyclic) bond motifs is 1. The summed E-state index contributed by atoms with van der Waals surface area (Å²) in [6, 6.07) is 13.3. The normalized spacial score (nSPS) is 13.4. The van der Waals surface area contributed by atoms with Crippen LogP contribution in [0.4, 0.5) is 5.69 Å². The molecule has 1 aliphatic heterocycles. The molecule has 0 atom stereocenters. The van der Waals surface area contributed by atoms with Crippen molar-refractivity contribution in [1.29, 1.82) is 0 Å². The van der Waals surface area contributed by atoms with Gasteiger partial charge in [-0.1, -0.05) is 12.1 Å². The number of aromatic nitrogens is 3. The SMILES string of the molecule is COc1cccc2c1N(C(=O)c1ccc(-n3cncn3)cc1)CCC2. The summed E-state index contributed by atoms with van der Waals surface area (Å²) in [5, 5.41) is 4.10. The van der Waals surface area contributed by atoms with E-state index in [4.69, 9.17) is 4.74 Å². The Morgan fingerprint density at radius 3 is 2.72 bits per heavy atom. The zero-order chi connectivity index (χ0) is 17.2. The van der Waals surface area contributed by atoms with E-state index in [2.05, 4.69) is 16.1 Å². The van der Waals surface area contributed by atoms with E-state index in [1.54, 1.807) is 18.1 Å². The maximum atomic E-state index is 13.1. The molecule has 126 valence electrons. The molecule has 0 unspecified atom stereocenters. The van der Waals surface area contributed by atoms with Crippen molar-refractivity contribution < 1.29 is 9.53 Å². The fraction of sp³-hybridized carbons (Fsp3) is 0.211. The van der Waals surface area contributed by atoms with Gasteiger partial charge in [-0.25, -0.2) is 9.67 Å². The molecule has 1 amide bonds. The molecule has 0 saturated heterocycles. The van der Waals surface area contributed by atoms with Crippen molar-refractivity contribution in [2.24, 2.45) is 0 Å². The number of para-hydroxylation sites is 1. The molecule has 6 nitrogen and oxygen atoms in total. The predicted molar refractivity (Wildman–Crippen MR) is 94.4 cm³/mol. The molecule has 4 rings (SSSR count). The molecule has 25 heavy (non-hydrogen) atoms. The van der Waals surface area contributed by atoms with Crippen LogP contribution in [0.3, 0.4) is 0 Å². The first-order valence-corrected chi connectivity index (χ1v) is 8.21. The molecule has 2 aromatic carbocycles. The van der Waals surface area contributed by atoms with Crippen molar-refractivity contribution in [2.75, 3.05) is 18.6 Å². The number of benzene rings is 2. The van der Waals surface area contributed by atoms with E-state index in [1.165, 1.54) is 6.33 Å². The third kappa shape index (κ3) is 2.76. The Labute approximate surface area is 145 Å². The second-order valence-electron chi connectivity index (χ2n) is 5.92. The molecule has 2 heterocycles. The molecule has 0 aliphatic carbocycles. The fourth-order valence-corrected chi connectivity index (χ4v) is 3.24. The predicted octanol–water partition coefficient (Wildman–Crippen LogP) is 2.87. The lowest BCUT2D eigenvalue weighted by Crippen LogP contribution is -2.35. The van der Waals surface area contributed by atoms with Gasteiger partial charge in [0.1, 0.15) is 18.4 Å². The van der Waals surface area contributed by atoms with Gasteiger partial charge in [0.2, 0.25) is 0 Å². The molecule has 0 bridgehead atoms. The van der Waals surface area contributed by atoms with E-state index in [0.717, 1.165) is 35.5 Å². The van der Waals surface area contributed by atoms with Crippen LogP contribution < -0.4 is 9.64 Å². The van der Waals surface area contributed by atoms with Gasteiger partial charge in [0.15, 0.2) is 0 Å². The van der Waals surface area contributed by atoms with Gasteiger partial charge in [0, 0.05) is 12.1 Å². The second-order valence-corrected chi connectivity index (χ2v) is 5.92. The summed E-state index contributed by atoms with van der Waals surface area (Å²) in [4.78, 5) is 18.8. The van der Waals surface area contributed by atoms with E-state index in [1.807, 2.05) is 41.3 Å². The maximum Gasteiger partial charge on any atom is 0.258 e. The van der Waals surface area contributed by atoms with Gasteiger partial charge < -0.3 is 9.64 Å². The Morgan fingerprint density at radius 2 is 2.00 bits per heavy atom. The third-order valence-corrected chi connectivity index (χ3v) is 4.44. The van der Waals surface area contributed by atoms with Gasteiger partial charge in [-0.3, -0.25) is 4.79 Å². The average molecular weight is 334 g/mol. The van der Waals surface area contributed by atoms with Gasteiger partial charge in [-0.05, 0) is 48.7 Å². The summed E-state index contributed by atoms with van der Waals surface area (Å²) in [7, 11) is 1.64. The fourth-order valence-electron chi connectivity index (χ4n) is 3.24. The van der Waals surface area contributed by atoms with Crippen molar-refractivity contribution in [3.8, 4) is 11.4 Å². The molecule has 3 aromatic rings. The van der Waals surface area contributed by atoms with Crippen molar-refractivity contribution in [2.45, 2.75) is 12.8 Å². The number of hydrogen-bond donors (Lipinski definition) is 0. The molecule has 1 aliphatic rings. The first-order chi connectivity index (χ1) is 12.3. The Morgan fingerprint density at radius 1 is 1.16 bits per heavy atom. The van der Waals surface area contributed by atoms with Crippen molar-refractivity contribution in [1.82, 2.24) is 14.8 Å². The molecule has 6 heteroatoms. The summed E-state index contributed by atoms with van der Waals surface area (Å²) in [5.41, 5.74) is 3.55. The molecular formula is C19H18N4O2. The van der Waals surface area contributed by atoms with E-state index >= 15 is 0 Å². The zero-order valence-corrected chi connectivity index (χ0v) is 13.9. The highest BCUT2D eigenvalue weighted by atomic mass is 16.5. The number of anilines is 1. The standard InChI is InChI=1S/C19H18N4O2/c1-25-17-6-2-4-14-5-3-11-22(18(14)17)19(24)15-7-9-16(10-8-15)23-13-20-12-21-23/h2,4,6-10,12-13H,3,5,11H2,1H3. The Hall–Kier alpha value is -3.15. The number of carbonyl (C=O) groups is 1. The number of hydrogen-bond acceptors (Lipinski definition) is 4. The van der Waals surface area contributed by atoms with E-state index in [9.17, 15) is 4.79 Å². The lowest BCUT2D eigenvalue weighted by atomic mass is 10.00. The highest BCUT2D eigenvalue weighted by Crippen LogP contribution is 2.36. The molecule has 1 aromatic heterocycles. The first-order valence-electron chi connectivity index (χ1n) is 8.21. The number of carbonyl (C=O) groups excluding carboxylic acids is 1. The topological polar surface area (TPSA) is 60.2 Å². The number of amides is 1. The quantitative estimate of drug-likeness (QED) is 0.739. The maximum absolute atomic E-state index is 13.1. The lowest BCUT2D eigenvalue weighted by molar-refractivity contribution is 0.0984. The average Bonchev–Trinajstić information content (AvgIpc) is 3.21. The van der Waals surface area contributed by atoms with Crippen LogP contribution in [-0.2, 0) is 6.42 Å². The summed E-state index contributed by atoms with van der Waals surface area (Å²) in [6.07, 6.45) is 5.02. The lowest BCUT2D eigenvalue weighted by Gasteiger charge is -2.31. The van der Waals surface area contributed by atoms with E-state index < -0.39 is 0 Å². The number of rotatable bonds is 3. The van der Waals surface area contributed by atoms with E-state index in [0.29, 0.717) is 12.1 Å². The molecule has 0 spiro atoms. The van der Waals surface area contributed by atoms with Crippen LogP contribution in [0.1, 0.15) is 22.3 Å². The van der Waals surface area contributed by atoms with Gasteiger partial charge in [-0.2, -0.15) is 5.10 Å². The van der Waals surface area contributed by atoms with Gasteiger partial charge in [-0.15, -0.1) is 0 Å². The van der Waals surface area contributed by atoms with Crippen LogP contribution in [0.25, 0.3) is 5.69 Å².